The Bertz CT molecular complexity index is 101. The maximum atomic E-state index is 2.29. The molecule has 0 saturated carbocycles. The molecule has 0 nitrogen and oxygen atoms in total. The molecule has 1 aliphatic heterocycles. The smallest absolute Gasteiger partial charge is 0.0368 e. The second-order valence-electron chi connectivity index (χ2n) is 1.52. The van der Waals surface area contributed by atoms with Crippen molar-refractivity contribution in [1.82, 2.24) is 0 Å². The first-order chi connectivity index (χ1) is 2.89. The molecule has 1 unspecified atom stereocenters. The Morgan fingerprint density at radius 1 is 1.67 bits per heavy atom. The van der Waals surface area contributed by atoms with Gasteiger partial charge in [-0.15, -0.1) is 0 Å². The lowest BCUT2D eigenvalue weighted by Crippen LogP contribution is -1.56. The Labute approximate surface area is 39.3 Å². The largest absolute Gasteiger partial charge is 0.124 e. The van der Waals surface area contributed by atoms with Gasteiger partial charge < -0.3 is 0 Å². The molecular weight excluding hydrogens is 91.0 g/mol. The van der Waals surface area contributed by atoms with Crippen LogP contribution in [0.25, 0.3) is 0 Å². The molecule has 0 saturated heterocycles. The van der Waals surface area contributed by atoms with E-state index in [0.29, 0.717) is 7.55 Å². The summed E-state index contributed by atoms with van der Waals surface area (Å²) in [5, 5.41) is 0. The van der Waals surface area contributed by atoms with E-state index in [2.05, 4.69) is 24.6 Å². The molecule has 1 heteroatoms. The van der Waals surface area contributed by atoms with Crippen LogP contribution in [0.1, 0.15) is 0 Å². The van der Waals surface area contributed by atoms with Gasteiger partial charge >= 0.3 is 0 Å². The molecular formula is C5H8P+. The maximum absolute atomic E-state index is 2.29. The van der Waals surface area contributed by atoms with Crippen LogP contribution in [-0.2, 0) is 0 Å². The van der Waals surface area contributed by atoms with Crippen LogP contribution in [0.15, 0.2) is 12.2 Å². The fourth-order valence-electron chi connectivity index (χ4n) is 0.496. The molecule has 32 valence electrons. The van der Waals surface area contributed by atoms with E-state index >= 15 is 0 Å². The van der Waals surface area contributed by atoms with Gasteiger partial charge in [-0.1, -0.05) is 0 Å². The number of hydrogen-bond acceptors (Lipinski definition) is 0. The van der Waals surface area contributed by atoms with Gasteiger partial charge in [-0.05, 0) is 12.2 Å². The fraction of sp³-hybridized carbons (Fsp3) is 0.400. The monoisotopic (exact) mass is 99.0 g/mol. The SMILES string of the molecule is C[P+]1=CC=CC1. The van der Waals surface area contributed by atoms with Crippen molar-refractivity contribution in [2.75, 3.05) is 12.8 Å². The van der Waals surface area contributed by atoms with Crippen molar-refractivity contribution < 1.29 is 0 Å². The third kappa shape index (κ3) is 0.693. The van der Waals surface area contributed by atoms with Gasteiger partial charge in [-0.25, -0.2) is 0 Å². The van der Waals surface area contributed by atoms with E-state index in [-0.39, 0.29) is 0 Å². The number of allylic oxidation sites excluding steroid dienone is 2. The molecule has 1 rings (SSSR count). The lowest BCUT2D eigenvalue weighted by atomic mass is 10.6. The lowest BCUT2D eigenvalue weighted by molar-refractivity contribution is 1.80. The normalized spacial score (nSPS) is 24.5. The van der Waals surface area contributed by atoms with Crippen molar-refractivity contribution in [2.45, 2.75) is 0 Å². The molecule has 6 heavy (non-hydrogen) atoms. The second-order valence-corrected chi connectivity index (χ2v) is 3.69. The van der Waals surface area contributed by atoms with Gasteiger partial charge in [0.1, 0.15) is 12.0 Å². The average molecular weight is 99.1 g/mol. The van der Waals surface area contributed by atoms with E-state index in [0.717, 1.165) is 0 Å². The maximum Gasteiger partial charge on any atom is 0.124 e. The predicted molar refractivity (Wildman–Crippen MR) is 32.9 cm³/mol. The van der Waals surface area contributed by atoms with Crippen LogP contribution in [0.4, 0.5) is 0 Å². The highest BCUT2D eigenvalue weighted by molar-refractivity contribution is 7.57. The zero-order valence-corrected chi connectivity index (χ0v) is 4.78. The van der Waals surface area contributed by atoms with Gasteiger partial charge in [-0.3, -0.25) is 0 Å². The van der Waals surface area contributed by atoms with E-state index in [1.165, 1.54) is 6.16 Å². The van der Waals surface area contributed by atoms with E-state index < -0.39 is 0 Å². The number of rotatable bonds is 0. The molecule has 0 aliphatic carbocycles. The van der Waals surface area contributed by atoms with Crippen LogP contribution >= 0.6 is 7.55 Å². The standard InChI is InChI=1S/C5H8P/c1-6-4-2-3-5-6/h2-4H,5H2,1H3/q+1. The summed E-state index contributed by atoms with van der Waals surface area (Å²) in [6.07, 6.45) is 5.70. The van der Waals surface area contributed by atoms with Gasteiger partial charge in [0.05, 0.1) is 14.2 Å². The first kappa shape index (κ1) is 4.08. The Morgan fingerprint density at radius 3 is 2.67 bits per heavy atom. The third-order valence-corrected chi connectivity index (χ3v) is 2.34. The van der Waals surface area contributed by atoms with Crippen LogP contribution in [0.3, 0.4) is 0 Å². The van der Waals surface area contributed by atoms with Gasteiger partial charge in [0.15, 0.2) is 0 Å². The minimum atomic E-state index is 0.299. The van der Waals surface area contributed by atoms with Gasteiger partial charge in [0.2, 0.25) is 0 Å². The molecule has 0 aromatic carbocycles. The summed E-state index contributed by atoms with van der Waals surface area (Å²) in [7, 11) is 0.299. The summed E-state index contributed by atoms with van der Waals surface area (Å²) in [5.41, 5.74) is 0. The van der Waals surface area contributed by atoms with E-state index in [1.54, 1.807) is 0 Å². The number of hydrogen-bond donors (Lipinski definition) is 0. The third-order valence-electron chi connectivity index (χ3n) is 0.870. The zero-order valence-electron chi connectivity index (χ0n) is 3.89. The Kier molecular flexibility index (Phi) is 1.07. The van der Waals surface area contributed by atoms with Gasteiger partial charge in [-0.2, -0.15) is 0 Å². The minimum Gasteiger partial charge on any atom is -0.0368 e. The van der Waals surface area contributed by atoms with Crippen molar-refractivity contribution >= 4 is 13.3 Å². The van der Waals surface area contributed by atoms with Gasteiger partial charge in [0.25, 0.3) is 0 Å². The van der Waals surface area contributed by atoms with Gasteiger partial charge in [0, 0.05) is 0 Å². The average Bonchev–Trinajstić information content (AvgIpc) is 1.86. The molecule has 1 heterocycles. The Hall–Kier alpha value is -0.0900. The highest BCUT2D eigenvalue weighted by atomic mass is 31.1. The van der Waals surface area contributed by atoms with Crippen molar-refractivity contribution in [2.24, 2.45) is 0 Å². The molecule has 0 amide bonds. The summed E-state index contributed by atoms with van der Waals surface area (Å²) < 4.78 is 0. The van der Waals surface area contributed by atoms with Crippen molar-refractivity contribution in [3.63, 3.8) is 0 Å². The summed E-state index contributed by atoms with van der Waals surface area (Å²) >= 11 is 0. The molecule has 1 aliphatic rings. The van der Waals surface area contributed by atoms with Crippen LogP contribution in [0, 0.1) is 0 Å². The summed E-state index contributed by atoms with van der Waals surface area (Å²) in [5.74, 6) is 2.29. The van der Waals surface area contributed by atoms with Crippen LogP contribution < -0.4 is 0 Å². The van der Waals surface area contributed by atoms with Crippen molar-refractivity contribution in [1.29, 1.82) is 0 Å². The Morgan fingerprint density at radius 2 is 2.50 bits per heavy atom. The highest BCUT2D eigenvalue weighted by Crippen LogP contribution is 2.18. The Balaban J connectivity index is 2.61. The molecule has 0 spiro atoms. The second kappa shape index (κ2) is 1.57. The van der Waals surface area contributed by atoms with Crippen LogP contribution in [0.5, 0.6) is 0 Å². The predicted octanol–water partition coefficient (Wildman–Crippen LogP) is 1.47. The molecule has 0 radical (unpaired) electrons. The fourth-order valence-corrected chi connectivity index (χ4v) is 1.49. The molecule has 1 atom stereocenters. The van der Waals surface area contributed by atoms with E-state index in [4.69, 9.17) is 0 Å². The quantitative estimate of drug-likeness (QED) is 0.403. The topological polar surface area (TPSA) is 0 Å². The molecule has 0 bridgehead atoms. The van der Waals surface area contributed by atoms with Crippen molar-refractivity contribution in [3.8, 4) is 0 Å². The van der Waals surface area contributed by atoms with Crippen molar-refractivity contribution in [3.05, 3.63) is 12.2 Å². The molecule has 0 aromatic heterocycles. The first-order valence-electron chi connectivity index (χ1n) is 2.10. The summed E-state index contributed by atoms with van der Waals surface area (Å²) in [6.45, 7) is 2.29. The van der Waals surface area contributed by atoms with E-state index in [1.807, 2.05) is 0 Å². The first-order valence-corrected chi connectivity index (χ1v) is 4.14. The highest BCUT2D eigenvalue weighted by Gasteiger charge is 1.98. The van der Waals surface area contributed by atoms with Crippen LogP contribution in [0.2, 0.25) is 0 Å². The molecule has 0 aromatic rings. The molecule has 0 fully saturated rings. The summed E-state index contributed by atoms with van der Waals surface area (Å²) in [4.78, 5) is 0. The summed E-state index contributed by atoms with van der Waals surface area (Å²) in [6, 6.07) is 0. The van der Waals surface area contributed by atoms with E-state index in [9.17, 15) is 0 Å². The minimum absolute atomic E-state index is 0.299. The molecule has 0 N–H and O–H groups in total. The lowest BCUT2D eigenvalue weighted by Gasteiger charge is -1.64. The zero-order chi connectivity index (χ0) is 4.41. The van der Waals surface area contributed by atoms with Crippen LogP contribution in [-0.4, -0.2) is 18.6 Å².